The molecule has 0 aliphatic rings. The van der Waals surface area contributed by atoms with Crippen molar-refractivity contribution in [2.75, 3.05) is 7.11 Å². The summed E-state index contributed by atoms with van der Waals surface area (Å²) in [5, 5.41) is 8.37. The van der Waals surface area contributed by atoms with Crippen molar-refractivity contribution in [1.82, 2.24) is 10.2 Å². The number of halogens is 1. The molecule has 14 heavy (non-hydrogen) atoms. The van der Waals surface area contributed by atoms with Gasteiger partial charge in [-0.05, 0) is 15.9 Å². The zero-order valence-electron chi connectivity index (χ0n) is 7.15. The second-order valence-electron chi connectivity index (χ2n) is 2.50. The van der Waals surface area contributed by atoms with E-state index in [-0.39, 0.29) is 5.97 Å². The number of methoxy groups -OCH3 is 1. The number of hydrogen-bond acceptors (Lipinski definition) is 5. The van der Waals surface area contributed by atoms with Crippen LogP contribution in [0.3, 0.4) is 0 Å². The molecule has 0 bridgehead atoms. The Labute approximate surface area is 92.0 Å². The molecule has 0 radical (unpaired) electrons. The fourth-order valence-electron chi connectivity index (χ4n) is 1.06. The Morgan fingerprint density at radius 2 is 2.21 bits per heavy atom. The lowest BCUT2D eigenvalue weighted by molar-refractivity contribution is 0.0605. The third-order valence-electron chi connectivity index (χ3n) is 1.71. The molecular weight excluding hydrogens is 268 g/mol. The molecule has 2 rings (SSSR count). The van der Waals surface area contributed by atoms with Crippen LogP contribution < -0.4 is 0 Å². The lowest BCUT2D eigenvalue weighted by atomic mass is 10.3. The lowest BCUT2D eigenvalue weighted by Crippen LogP contribution is -1.98. The summed E-state index contributed by atoms with van der Waals surface area (Å²) in [4.78, 5) is 11.9. The van der Waals surface area contributed by atoms with Crippen LogP contribution >= 0.6 is 27.3 Å². The summed E-state index contributed by atoms with van der Waals surface area (Å²) < 4.78 is 6.28. The van der Waals surface area contributed by atoms with E-state index in [1.165, 1.54) is 18.4 Å². The minimum absolute atomic E-state index is 0.349. The largest absolute Gasteiger partial charge is 0.465 e. The van der Waals surface area contributed by atoms with E-state index in [9.17, 15) is 4.79 Å². The third-order valence-corrected chi connectivity index (χ3v) is 3.92. The van der Waals surface area contributed by atoms with Crippen LogP contribution in [0, 0.1) is 0 Å². The molecular formula is C8H5BrN2O2S. The maximum Gasteiger partial charge on any atom is 0.349 e. The first-order chi connectivity index (χ1) is 6.74. The van der Waals surface area contributed by atoms with Crippen molar-refractivity contribution in [3.05, 3.63) is 21.7 Å². The average molecular weight is 273 g/mol. The first kappa shape index (κ1) is 9.54. The summed E-state index contributed by atoms with van der Waals surface area (Å²) in [6, 6.07) is 0. The standard InChI is InChI=1S/C8H5BrN2O2S/c1-13-8(12)7-6(9)4-2-10-11-3-5(4)14-7/h2-3H,1H3. The van der Waals surface area contributed by atoms with Gasteiger partial charge in [0, 0.05) is 5.39 Å². The van der Waals surface area contributed by atoms with Gasteiger partial charge in [-0.15, -0.1) is 11.3 Å². The predicted octanol–water partition coefficient (Wildman–Crippen LogP) is 2.24. The number of ether oxygens (including phenoxy) is 1. The number of carbonyl (C=O) groups excluding carboxylic acids is 1. The molecule has 0 unspecified atom stereocenters. The van der Waals surface area contributed by atoms with E-state index < -0.39 is 0 Å². The highest BCUT2D eigenvalue weighted by Gasteiger charge is 2.16. The van der Waals surface area contributed by atoms with Gasteiger partial charge >= 0.3 is 5.97 Å². The second kappa shape index (κ2) is 3.62. The Kier molecular flexibility index (Phi) is 2.47. The van der Waals surface area contributed by atoms with Gasteiger partial charge in [0.15, 0.2) is 0 Å². The van der Waals surface area contributed by atoms with E-state index in [1.807, 2.05) is 0 Å². The number of nitrogens with zero attached hydrogens (tertiary/aromatic N) is 2. The summed E-state index contributed by atoms with van der Waals surface area (Å²) in [7, 11) is 1.36. The Morgan fingerprint density at radius 1 is 1.50 bits per heavy atom. The van der Waals surface area contributed by atoms with Gasteiger partial charge in [-0.25, -0.2) is 4.79 Å². The van der Waals surface area contributed by atoms with Crippen LogP contribution in [-0.2, 0) is 4.74 Å². The molecule has 0 aromatic carbocycles. The van der Waals surface area contributed by atoms with Crippen molar-refractivity contribution >= 4 is 43.3 Å². The maximum atomic E-state index is 11.3. The smallest absolute Gasteiger partial charge is 0.349 e. The van der Waals surface area contributed by atoms with E-state index in [0.29, 0.717) is 4.88 Å². The molecule has 72 valence electrons. The normalized spacial score (nSPS) is 10.4. The van der Waals surface area contributed by atoms with Gasteiger partial charge in [0.2, 0.25) is 0 Å². The quantitative estimate of drug-likeness (QED) is 0.748. The van der Waals surface area contributed by atoms with E-state index in [1.54, 1.807) is 12.4 Å². The minimum Gasteiger partial charge on any atom is -0.465 e. The predicted molar refractivity (Wildman–Crippen MR) is 56.5 cm³/mol. The number of rotatable bonds is 1. The Hall–Kier alpha value is -1.01. The van der Waals surface area contributed by atoms with Crippen LogP contribution in [0.15, 0.2) is 16.9 Å². The summed E-state index contributed by atoms with van der Waals surface area (Å²) >= 11 is 4.67. The minimum atomic E-state index is -0.349. The molecule has 0 spiro atoms. The van der Waals surface area contributed by atoms with E-state index in [2.05, 4.69) is 30.9 Å². The molecule has 2 aromatic heterocycles. The summed E-state index contributed by atoms with van der Waals surface area (Å²) in [6.07, 6.45) is 3.24. The number of aromatic nitrogens is 2. The van der Waals surface area contributed by atoms with Gasteiger partial charge in [0.25, 0.3) is 0 Å². The van der Waals surface area contributed by atoms with Crippen molar-refractivity contribution in [2.24, 2.45) is 0 Å². The molecule has 4 nitrogen and oxygen atoms in total. The fraction of sp³-hybridized carbons (Fsp3) is 0.125. The highest BCUT2D eigenvalue weighted by molar-refractivity contribution is 9.10. The van der Waals surface area contributed by atoms with Crippen LogP contribution in [0.25, 0.3) is 10.1 Å². The Balaban J connectivity index is 2.68. The molecule has 0 saturated heterocycles. The Morgan fingerprint density at radius 3 is 2.86 bits per heavy atom. The molecule has 6 heteroatoms. The highest BCUT2D eigenvalue weighted by Crippen LogP contribution is 2.34. The van der Waals surface area contributed by atoms with Gasteiger partial charge in [-0.2, -0.15) is 10.2 Å². The Bertz CT molecular complexity index is 497. The summed E-state index contributed by atoms with van der Waals surface area (Å²) in [5.74, 6) is -0.349. The fourth-order valence-corrected chi connectivity index (χ4v) is 2.86. The first-order valence-corrected chi connectivity index (χ1v) is 5.32. The molecule has 0 aliphatic heterocycles. The molecule has 2 heterocycles. The summed E-state index contributed by atoms with van der Waals surface area (Å²) in [6.45, 7) is 0. The summed E-state index contributed by atoms with van der Waals surface area (Å²) in [5.41, 5.74) is 0. The van der Waals surface area contributed by atoms with Crippen molar-refractivity contribution in [2.45, 2.75) is 0 Å². The van der Waals surface area contributed by atoms with Crippen molar-refractivity contribution in [3.63, 3.8) is 0 Å². The zero-order valence-corrected chi connectivity index (χ0v) is 9.55. The molecule has 0 amide bonds. The number of fused-ring (bicyclic) bond motifs is 1. The number of carbonyl (C=O) groups is 1. The molecule has 0 saturated carbocycles. The van der Waals surface area contributed by atoms with Gasteiger partial charge in [-0.1, -0.05) is 0 Å². The number of esters is 1. The molecule has 0 atom stereocenters. The molecule has 0 N–H and O–H groups in total. The second-order valence-corrected chi connectivity index (χ2v) is 4.35. The van der Waals surface area contributed by atoms with Gasteiger partial charge in [0.1, 0.15) is 4.88 Å². The highest BCUT2D eigenvalue weighted by atomic mass is 79.9. The van der Waals surface area contributed by atoms with Crippen LogP contribution in [-0.4, -0.2) is 23.3 Å². The number of hydrogen-bond donors (Lipinski definition) is 0. The third kappa shape index (κ3) is 1.40. The van der Waals surface area contributed by atoms with Gasteiger partial charge in [-0.3, -0.25) is 0 Å². The monoisotopic (exact) mass is 272 g/mol. The van der Waals surface area contributed by atoms with Gasteiger partial charge in [0.05, 0.1) is 28.7 Å². The van der Waals surface area contributed by atoms with Crippen LogP contribution in [0.2, 0.25) is 0 Å². The zero-order chi connectivity index (χ0) is 10.1. The maximum absolute atomic E-state index is 11.3. The lowest BCUT2D eigenvalue weighted by Gasteiger charge is -1.93. The van der Waals surface area contributed by atoms with Gasteiger partial charge < -0.3 is 4.74 Å². The average Bonchev–Trinajstić information content (AvgIpc) is 2.56. The van der Waals surface area contributed by atoms with E-state index >= 15 is 0 Å². The first-order valence-electron chi connectivity index (χ1n) is 3.71. The SMILES string of the molecule is COC(=O)c1sc2cnncc2c1Br. The van der Waals surface area contributed by atoms with E-state index in [0.717, 1.165) is 14.6 Å². The van der Waals surface area contributed by atoms with Crippen molar-refractivity contribution < 1.29 is 9.53 Å². The molecule has 0 aliphatic carbocycles. The van der Waals surface area contributed by atoms with E-state index in [4.69, 9.17) is 0 Å². The van der Waals surface area contributed by atoms with Crippen LogP contribution in [0.4, 0.5) is 0 Å². The number of thiophene rings is 1. The van der Waals surface area contributed by atoms with Crippen molar-refractivity contribution in [3.8, 4) is 0 Å². The van der Waals surface area contributed by atoms with Crippen molar-refractivity contribution in [1.29, 1.82) is 0 Å². The molecule has 0 fully saturated rings. The van der Waals surface area contributed by atoms with Crippen LogP contribution in [0.1, 0.15) is 9.67 Å². The molecule has 2 aromatic rings. The van der Waals surface area contributed by atoms with Crippen LogP contribution in [0.5, 0.6) is 0 Å². The topological polar surface area (TPSA) is 52.1 Å².